The van der Waals surface area contributed by atoms with Crippen molar-refractivity contribution in [2.45, 2.75) is 86.5 Å². The molecule has 0 aliphatic rings. The first-order valence-corrected chi connectivity index (χ1v) is 13.1. The number of amides is 2. The molecule has 7 heteroatoms. The molecular formula is C27H41F2NO3S. The van der Waals surface area contributed by atoms with Gasteiger partial charge in [0.2, 0.25) is 11.8 Å². The molecule has 0 fully saturated rings. The SMILES string of the molecule is CC(C)CC(C)C(=O)Sc1cc(N(C(=O)C(C)CC(C)C)C(=O)C(C)CC(C)C)c(F)cc1F. The molecule has 3 atom stereocenters. The monoisotopic (exact) mass is 497 g/mol. The highest BCUT2D eigenvalue weighted by molar-refractivity contribution is 8.13. The first-order valence-electron chi connectivity index (χ1n) is 12.2. The van der Waals surface area contributed by atoms with Gasteiger partial charge < -0.3 is 0 Å². The summed E-state index contributed by atoms with van der Waals surface area (Å²) < 4.78 is 29.7. The molecule has 4 nitrogen and oxygen atoms in total. The van der Waals surface area contributed by atoms with E-state index in [9.17, 15) is 18.8 Å². The van der Waals surface area contributed by atoms with E-state index in [1.165, 1.54) is 0 Å². The quantitative estimate of drug-likeness (QED) is 0.297. The second-order valence-corrected chi connectivity index (χ2v) is 11.8. The fourth-order valence-electron chi connectivity index (χ4n) is 4.18. The predicted molar refractivity (Wildman–Crippen MR) is 136 cm³/mol. The molecule has 0 radical (unpaired) electrons. The van der Waals surface area contributed by atoms with Crippen LogP contribution >= 0.6 is 11.8 Å². The molecule has 0 aliphatic carbocycles. The molecule has 0 bridgehead atoms. The number of benzene rings is 1. The third kappa shape index (κ3) is 8.79. The van der Waals surface area contributed by atoms with Crippen molar-refractivity contribution in [3.63, 3.8) is 0 Å². The summed E-state index contributed by atoms with van der Waals surface area (Å²) in [7, 11) is 0. The largest absolute Gasteiger partial charge is 0.287 e. The summed E-state index contributed by atoms with van der Waals surface area (Å²) in [5, 5.41) is -0.240. The summed E-state index contributed by atoms with van der Waals surface area (Å²) in [6, 6.07) is 1.79. The van der Waals surface area contributed by atoms with Crippen LogP contribution < -0.4 is 4.90 Å². The van der Waals surface area contributed by atoms with E-state index in [4.69, 9.17) is 0 Å². The minimum atomic E-state index is -1.00. The molecule has 0 aromatic heterocycles. The number of hydrogen-bond acceptors (Lipinski definition) is 4. The molecule has 34 heavy (non-hydrogen) atoms. The zero-order chi connectivity index (χ0) is 26.3. The zero-order valence-corrected chi connectivity index (χ0v) is 22.9. The maximum Gasteiger partial charge on any atom is 0.236 e. The van der Waals surface area contributed by atoms with Crippen LogP contribution in [0.1, 0.15) is 81.6 Å². The average molecular weight is 498 g/mol. The number of carbonyl (C=O) groups is 3. The Morgan fingerprint density at radius 1 is 0.706 bits per heavy atom. The van der Waals surface area contributed by atoms with E-state index < -0.39 is 35.3 Å². The van der Waals surface area contributed by atoms with Gasteiger partial charge in [-0.25, -0.2) is 13.7 Å². The molecule has 0 spiro atoms. The zero-order valence-electron chi connectivity index (χ0n) is 22.1. The van der Waals surface area contributed by atoms with E-state index in [0.29, 0.717) is 43.0 Å². The molecule has 3 unspecified atom stereocenters. The van der Waals surface area contributed by atoms with Crippen LogP contribution in [0, 0.1) is 47.1 Å². The highest BCUT2D eigenvalue weighted by Crippen LogP contribution is 2.34. The van der Waals surface area contributed by atoms with Gasteiger partial charge in [0.15, 0.2) is 5.12 Å². The lowest BCUT2D eigenvalue weighted by Crippen LogP contribution is -2.44. The Morgan fingerprint density at radius 2 is 1.12 bits per heavy atom. The van der Waals surface area contributed by atoms with E-state index >= 15 is 4.39 Å². The van der Waals surface area contributed by atoms with E-state index in [1.54, 1.807) is 20.8 Å². The van der Waals surface area contributed by atoms with Gasteiger partial charge in [0.05, 0.1) is 10.6 Å². The summed E-state index contributed by atoms with van der Waals surface area (Å²) in [6.07, 6.45) is 1.69. The Labute approximate surface area is 208 Å². The van der Waals surface area contributed by atoms with Gasteiger partial charge >= 0.3 is 0 Å². The van der Waals surface area contributed by atoms with Crippen LogP contribution in [-0.2, 0) is 14.4 Å². The standard InChI is InChI=1S/C27H41F2NO3S/c1-15(2)10-18(7)25(31)30(26(32)19(8)11-16(3)4)23-14-24(22(29)13-21(23)28)34-27(33)20(9)12-17(5)6/h13-20H,10-12H2,1-9H3. The molecule has 192 valence electrons. The van der Waals surface area contributed by atoms with Crippen LogP contribution in [0.25, 0.3) is 0 Å². The third-order valence-corrected chi connectivity index (χ3v) is 6.75. The lowest BCUT2D eigenvalue weighted by atomic mass is 9.94. The van der Waals surface area contributed by atoms with Crippen LogP contribution in [0.5, 0.6) is 0 Å². The third-order valence-electron chi connectivity index (χ3n) is 5.61. The summed E-state index contributed by atoms with van der Waals surface area (Å²) in [5.74, 6) is -3.58. The fraction of sp³-hybridized carbons (Fsp3) is 0.667. The summed E-state index contributed by atoms with van der Waals surface area (Å²) in [4.78, 5) is 40.2. The van der Waals surface area contributed by atoms with Gasteiger partial charge in [-0.3, -0.25) is 14.4 Å². The van der Waals surface area contributed by atoms with Gasteiger partial charge in [0, 0.05) is 23.8 Å². The summed E-state index contributed by atoms with van der Waals surface area (Å²) >= 11 is 0.692. The molecule has 1 aromatic carbocycles. The van der Waals surface area contributed by atoms with Crippen molar-refractivity contribution >= 4 is 34.4 Å². The van der Waals surface area contributed by atoms with E-state index in [-0.39, 0.29) is 33.5 Å². The average Bonchev–Trinajstić information content (AvgIpc) is 2.69. The van der Waals surface area contributed by atoms with Crippen molar-refractivity contribution in [1.82, 2.24) is 0 Å². The van der Waals surface area contributed by atoms with Crippen molar-refractivity contribution in [1.29, 1.82) is 0 Å². The molecule has 0 heterocycles. The predicted octanol–water partition coefficient (Wildman–Crippen LogP) is 7.49. The second-order valence-electron chi connectivity index (χ2n) is 10.8. The molecule has 0 saturated carbocycles. The normalized spacial score (nSPS) is 14.4. The smallest absolute Gasteiger partial charge is 0.236 e. The van der Waals surface area contributed by atoms with Crippen molar-refractivity contribution in [2.24, 2.45) is 35.5 Å². The van der Waals surface area contributed by atoms with Crippen LogP contribution in [0.15, 0.2) is 17.0 Å². The maximum absolute atomic E-state index is 15.0. The number of anilines is 1. The first kappa shape index (κ1) is 30.3. The number of imide groups is 1. The summed E-state index contributed by atoms with van der Waals surface area (Å²) in [5.41, 5.74) is -0.297. The second kappa shape index (κ2) is 13.4. The topological polar surface area (TPSA) is 54.5 Å². The van der Waals surface area contributed by atoms with Crippen LogP contribution in [0.4, 0.5) is 14.5 Å². The van der Waals surface area contributed by atoms with Gasteiger partial charge in [-0.15, -0.1) is 0 Å². The van der Waals surface area contributed by atoms with Crippen molar-refractivity contribution in [2.75, 3.05) is 4.90 Å². The Morgan fingerprint density at radius 3 is 1.53 bits per heavy atom. The summed E-state index contributed by atoms with van der Waals surface area (Å²) in [6.45, 7) is 17.1. The molecule has 1 rings (SSSR count). The van der Waals surface area contributed by atoms with Crippen LogP contribution in [0.2, 0.25) is 0 Å². The number of carbonyl (C=O) groups excluding carboxylic acids is 3. The van der Waals surface area contributed by atoms with Gasteiger partial charge in [-0.05, 0) is 54.8 Å². The lowest BCUT2D eigenvalue weighted by Gasteiger charge is -2.28. The van der Waals surface area contributed by atoms with Crippen molar-refractivity contribution < 1.29 is 23.2 Å². The fourth-order valence-corrected chi connectivity index (χ4v) is 5.02. The van der Waals surface area contributed by atoms with Gasteiger partial charge in [-0.2, -0.15) is 0 Å². The number of halogens is 2. The van der Waals surface area contributed by atoms with E-state index in [1.807, 2.05) is 41.5 Å². The minimum absolute atomic E-state index is 0.0874. The molecule has 0 saturated heterocycles. The van der Waals surface area contributed by atoms with Crippen LogP contribution in [-0.4, -0.2) is 16.9 Å². The lowest BCUT2D eigenvalue weighted by molar-refractivity contribution is -0.131. The van der Waals surface area contributed by atoms with Crippen molar-refractivity contribution in [3.05, 3.63) is 23.8 Å². The molecule has 0 aliphatic heterocycles. The van der Waals surface area contributed by atoms with Gasteiger partial charge in [0.25, 0.3) is 0 Å². The first-order chi connectivity index (χ1) is 15.6. The number of nitrogens with zero attached hydrogens (tertiary/aromatic N) is 1. The minimum Gasteiger partial charge on any atom is -0.287 e. The Balaban J connectivity index is 3.47. The highest BCUT2D eigenvalue weighted by atomic mass is 32.2. The van der Waals surface area contributed by atoms with Crippen LogP contribution in [0.3, 0.4) is 0 Å². The van der Waals surface area contributed by atoms with E-state index in [2.05, 4.69) is 0 Å². The number of hydrogen-bond donors (Lipinski definition) is 0. The maximum atomic E-state index is 15.0. The molecule has 0 N–H and O–H groups in total. The van der Waals surface area contributed by atoms with Gasteiger partial charge in [0.1, 0.15) is 11.6 Å². The number of thioether (sulfide) groups is 1. The Bertz CT molecular complexity index is 842. The van der Waals surface area contributed by atoms with Crippen molar-refractivity contribution in [3.8, 4) is 0 Å². The van der Waals surface area contributed by atoms with E-state index in [0.717, 1.165) is 11.0 Å². The molecular weight excluding hydrogens is 456 g/mol. The van der Waals surface area contributed by atoms with Gasteiger partial charge in [-0.1, -0.05) is 62.3 Å². The Kier molecular flexibility index (Phi) is 11.9. The molecule has 1 aromatic rings. The molecule has 2 amide bonds. The number of rotatable bonds is 11. The highest BCUT2D eigenvalue weighted by Gasteiger charge is 2.34. The Hall–Kier alpha value is -1.76.